The highest BCUT2D eigenvalue weighted by atomic mass is 16.6. The molecule has 0 unspecified atom stereocenters. The summed E-state index contributed by atoms with van der Waals surface area (Å²) in [6, 6.07) is -1.65. The molecule has 7 nitrogen and oxygen atoms in total. The van der Waals surface area contributed by atoms with Crippen molar-refractivity contribution in [3.63, 3.8) is 0 Å². The van der Waals surface area contributed by atoms with E-state index in [4.69, 9.17) is 15.2 Å². The van der Waals surface area contributed by atoms with Crippen LogP contribution >= 0.6 is 0 Å². The molecule has 1 amide bonds. The second-order valence-corrected chi connectivity index (χ2v) is 7.77. The Hall–Kier alpha value is -1.63. The normalized spacial score (nSPS) is 20.4. The van der Waals surface area contributed by atoms with Crippen LogP contribution in [-0.4, -0.2) is 52.6 Å². The monoisotopic (exact) mass is 328 g/mol. The van der Waals surface area contributed by atoms with Crippen LogP contribution in [0, 0.1) is 0 Å². The van der Waals surface area contributed by atoms with Crippen molar-refractivity contribution in [2.45, 2.75) is 77.7 Å². The van der Waals surface area contributed by atoms with Crippen molar-refractivity contribution in [3.05, 3.63) is 0 Å². The van der Waals surface area contributed by atoms with Gasteiger partial charge in [-0.15, -0.1) is 0 Å². The third kappa shape index (κ3) is 6.17. The molecule has 0 aromatic rings. The maximum Gasteiger partial charge on any atom is 0.329 e. The third-order valence-electron chi connectivity index (χ3n) is 3.12. The molecule has 1 aliphatic heterocycles. The molecule has 0 saturated carbocycles. The highest BCUT2D eigenvalue weighted by Crippen LogP contribution is 2.21. The second kappa shape index (κ2) is 6.86. The van der Waals surface area contributed by atoms with Gasteiger partial charge in [0.05, 0.1) is 12.5 Å². The summed E-state index contributed by atoms with van der Waals surface area (Å²) in [5.74, 6) is -1.52. The van der Waals surface area contributed by atoms with Crippen LogP contribution in [0.15, 0.2) is 0 Å². The van der Waals surface area contributed by atoms with Crippen LogP contribution in [0.4, 0.5) is 0 Å². The van der Waals surface area contributed by atoms with E-state index in [2.05, 4.69) is 0 Å². The van der Waals surface area contributed by atoms with Crippen LogP contribution in [0.2, 0.25) is 0 Å². The second-order valence-electron chi connectivity index (χ2n) is 7.77. The van der Waals surface area contributed by atoms with Gasteiger partial charge in [0, 0.05) is 6.54 Å². The minimum absolute atomic E-state index is 0.245. The van der Waals surface area contributed by atoms with E-state index in [9.17, 15) is 14.4 Å². The maximum atomic E-state index is 12.4. The van der Waals surface area contributed by atoms with Gasteiger partial charge in [0.25, 0.3) is 0 Å². The van der Waals surface area contributed by atoms with Crippen LogP contribution in [-0.2, 0) is 23.9 Å². The average Bonchev–Trinajstić information content (AvgIpc) is 2.62. The van der Waals surface area contributed by atoms with Gasteiger partial charge in [-0.2, -0.15) is 0 Å². The SMILES string of the molecule is CC(C)(C)OC(=O)C[C@@H](C(=O)OC(C)(C)C)N1CC[C@H](N)C1=O. The fourth-order valence-electron chi connectivity index (χ4n) is 2.27. The molecule has 2 N–H and O–H groups in total. The highest BCUT2D eigenvalue weighted by molar-refractivity contribution is 5.91. The number of hydrogen-bond acceptors (Lipinski definition) is 6. The van der Waals surface area contributed by atoms with Crippen molar-refractivity contribution >= 4 is 17.8 Å². The standard InChI is InChI=1S/C16H28N2O5/c1-15(2,3)22-12(19)9-11(14(21)23-16(4,5)6)18-8-7-10(17)13(18)20/h10-11H,7-9,17H2,1-6H3/t10-,11-/m0/s1. The fourth-order valence-corrected chi connectivity index (χ4v) is 2.27. The third-order valence-corrected chi connectivity index (χ3v) is 3.12. The summed E-state index contributed by atoms with van der Waals surface area (Å²) in [7, 11) is 0. The van der Waals surface area contributed by atoms with Crippen LogP contribution in [0.1, 0.15) is 54.4 Å². The highest BCUT2D eigenvalue weighted by Gasteiger charge is 2.41. The van der Waals surface area contributed by atoms with Gasteiger partial charge in [-0.05, 0) is 48.0 Å². The Balaban J connectivity index is 2.91. The van der Waals surface area contributed by atoms with Crippen molar-refractivity contribution < 1.29 is 23.9 Å². The van der Waals surface area contributed by atoms with Gasteiger partial charge in [0.1, 0.15) is 17.2 Å². The predicted octanol–water partition coefficient (Wildman–Crippen LogP) is 0.988. The topological polar surface area (TPSA) is 98.9 Å². The molecule has 0 aromatic heterocycles. The van der Waals surface area contributed by atoms with Crippen molar-refractivity contribution in [3.8, 4) is 0 Å². The molecule has 0 aliphatic carbocycles. The zero-order valence-corrected chi connectivity index (χ0v) is 14.8. The van der Waals surface area contributed by atoms with E-state index in [1.165, 1.54) is 4.90 Å². The zero-order valence-electron chi connectivity index (χ0n) is 14.8. The van der Waals surface area contributed by atoms with E-state index < -0.39 is 35.2 Å². The van der Waals surface area contributed by atoms with E-state index in [0.717, 1.165) is 0 Å². The molecular formula is C16H28N2O5. The predicted molar refractivity (Wildman–Crippen MR) is 84.4 cm³/mol. The minimum atomic E-state index is -1.01. The van der Waals surface area contributed by atoms with Gasteiger partial charge in [0.15, 0.2) is 0 Å². The van der Waals surface area contributed by atoms with E-state index >= 15 is 0 Å². The Morgan fingerprint density at radius 2 is 1.70 bits per heavy atom. The Bertz CT molecular complexity index is 476. The number of nitrogens with zero attached hydrogens (tertiary/aromatic N) is 1. The van der Waals surface area contributed by atoms with E-state index in [0.29, 0.717) is 13.0 Å². The average molecular weight is 328 g/mol. The first-order valence-corrected chi connectivity index (χ1v) is 7.81. The maximum absolute atomic E-state index is 12.4. The number of likely N-dealkylation sites (tertiary alicyclic amines) is 1. The van der Waals surface area contributed by atoms with Gasteiger partial charge in [-0.3, -0.25) is 9.59 Å². The van der Waals surface area contributed by atoms with E-state index in [-0.39, 0.29) is 12.3 Å². The number of esters is 2. The molecule has 1 heterocycles. The number of rotatable bonds is 4. The fraction of sp³-hybridized carbons (Fsp3) is 0.812. The Morgan fingerprint density at radius 1 is 1.17 bits per heavy atom. The van der Waals surface area contributed by atoms with Gasteiger partial charge in [-0.1, -0.05) is 0 Å². The lowest BCUT2D eigenvalue weighted by molar-refractivity contribution is -0.170. The first-order valence-electron chi connectivity index (χ1n) is 7.81. The molecule has 0 aromatic carbocycles. The Morgan fingerprint density at radius 3 is 2.09 bits per heavy atom. The zero-order chi connectivity index (χ0) is 18.0. The van der Waals surface area contributed by atoms with Gasteiger partial charge in [-0.25, -0.2) is 4.79 Å². The molecular weight excluding hydrogens is 300 g/mol. The van der Waals surface area contributed by atoms with Crippen LogP contribution in [0.5, 0.6) is 0 Å². The lowest BCUT2D eigenvalue weighted by Crippen LogP contribution is -2.48. The van der Waals surface area contributed by atoms with E-state index in [1.54, 1.807) is 41.5 Å². The quantitative estimate of drug-likeness (QED) is 0.773. The minimum Gasteiger partial charge on any atom is -0.460 e. The Kier molecular flexibility index (Phi) is 5.79. The van der Waals surface area contributed by atoms with Gasteiger partial charge < -0.3 is 20.1 Å². The molecule has 7 heteroatoms. The number of hydrogen-bond donors (Lipinski definition) is 1. The molecule has 1 fully saturated rings. The number of nitrogens with two attached hydrogens (primary N) is 1. The van der Waals surface area contributed by atoms with E-state index in [1.807, 2.05) is 0 Å². The summed E-state index contributed by atoms with van der Waals surface area (Å²) in [6.45, 7) is 10.7. The molecule has 1 aliphatic rings. The number of amides is 1. The number of carbonyl (C=O) groups excluding carboxylic acids is 3. The first-order chi connectivity index (χ1) is 10.3. The lowest BCUT2D eigenvalue weighted by atomic mass is 10.1. The molecule has 0 spiro atoms. The molecule has 1 rings (SSSR count). The number of ether oxygens (including phenoxy) is 2. The molecule has 0 radical (unpaired) electrons. The van der Waals surface area contributed by atoms with Crippen LogP contribution < -0.4 is 5.73 Å². The summed E-state index contributed by atoms with van der Waals surface area (Å²) in [5, 5.41) is 0. The summed E-state index contributed by atoms with van der Waals surface area (Å²) < 4.78 is 10.6. The Labute approximate surface area is 137 Å². The summed E-state index contributed by atoms with van der Waals surface area (Å²) >= 11 is 0. The summed E-state index contributed by atoms with van der Waals surface area (Å²) in [6.07, 6.45) is 0.205. The largest absolute Gasteiger partial charge is 0.460 e. The number of carbonyl (C=O) groups is 3. The smallest absolute Gasteiger partial charge is 0.329 e. The summed E-state index contributed by atoms with van der Waals surface area (Å²) in [5.41, 5.74) is 4.33. The van der Waals surface area contributed by atoms with Crippen LogP contribution in [0.3, 0.4) is 0 Å². The van der Waals surface area contributed by atoms with Crippen molar-refractivity contribution in [1.29, 1.82) is 0 Å². The van der Waals surface area contributed by atoms with Crippen molar-refractivity contribution in [2.24, 2.45) is 5.73 Å². The van der Waals surface area contributed by atoms with Gasteiger partial charge in [0.2, 0.25) is 5.91 Å². The molecule has 23 heavy (non-hydrogen) atoms. The molecule has 0 bridgehead atoms. The summed E-state index contributed by atoms with van der Waals surface area (Å²) in [4.78, 5) is 38.0. The van der Waals surface area contributed by atoms with Crippen molar-refractivity contribution in [2.75, 3.05) is 6.54 Å². The first kappa shape index (κ1) is 19.4. The van der Waals surface area contributed by atoms with Crippen molar-refractivity contribution in [1.82, 2.24) is 4.90 Å². The lowest BCUT2D eigenvalue weighted by Gasteiger charge is -2.30. The molecule has 132 valence electrons. The molecule has 1 saturated heterocycles. The van der Waals surface area contributed by atoms with Gasteiger partial charge >= 0.3 is 11.9 Å². The molecule has 2 atom stereocenters. The van der Waals surface area contributed by atoms with Crippen LogP contribution in [0.25, 0.3) is 0 Å².